The van der Waals surface area contributed by atoms with Crippen LogP contribution in [0.2, 0.25) is 5.02 Å². The molecule has 1 aliphatic heterocycles. The second-order valence-corrected chi connectivity index (χ2v) is 5.21. The number of piperidine rings is 1. The first kappa shape index (κ1) is 15.8. The van der Waals surface area contributed by atoms with Gasteiger partial charge in [0.25, 0.3) is 5.91 Å². The highest BCUT2D eigenvalue weighted by atomic mass is 35.5. The maximum atomic E-state index is 12.6. The number of hydrogen-bond acceptors (Lipinski definition) is 4. The topological polar surface area (TPSA) is 71.2 Å². The Morgan fingerprint density at radius 3 is 2.52 bits per heavy atom. The van der Waals surface area contributed by atoms with Crippen molar-refractivity contribution in [2.75, 3.05) is 18.5 Å². The summed E-state index contributed by atoms with van der Waals surface area (Å²) in [5.41, 5.74) is 2.50. The van der Waals surface area contributed by atoms with Crippen molar-refractivity contribution in [3.8, 4) is 0 Å². The molecule has 1 aromatic rings. The minimum absolute atomic E-state index is 0.0670. The molecule has 21 heavy (non-hydrogen) atoms. The van der Waals surface area contributed by atoms with Gasteiger partial charge in [-0.05, 0) is 18.9 Å². The Bertz CT molecular complexity index is 530. The number of nitrogens with zero attached hydrogens (tertiary/aromatic N) is 2. The molecule has 0 spiro atoms. The van der Waals surface area contributed by atoms with Gasteiger partial charge in [0.15, 0.2) is 5.82 Å². The molecule has 0 unspecified atom stereocenters. The zero-order valence-electron chi connectivity index (χ0n) is 11.0. The van der Waals surface area contributed by atoms with E-state index in [2.05, 4.69) is 10.4 Å². The van der Waals surface area contributed by atoms with Gasteiger partial charge in [0.1, 0.15) is 0 Å². The van der Waals surface area contributed by atoms with Gasteiger partial charge in [-0.25, -0.2) is 10.8 Å². The normalized spacial score (nSPS) is 16.9. The minimum atomic E-state index is -4.20. The SMILES string of the molecule is NNc1ncc(C(=O)N2CCC(C(F)(F)F)CC2)cc1Cl. The second kappa shape index (κ2) is 6.07. The molecule has 0 radical (unpaired) electrons. The Kier molecular flexibility index (Phi) is 4.58. The number of amides is 1. The van der Waals surface area contributed by atoms with Crippen molar-refractivity contribution in [1.29, 1.82) is 0 Å². The minimum Gasteiger partial charge on any atom is -0.339 e. The van der Waals surface area contributed by atoms with Crippen LogP contribution in [0.3, 0.4) is 0 Å². The zero-order valence-corrected chi connectivity index (χ0v) is 11.7. The summed E-state index contributed by atoms with van der Waals surface area (Å²) in [4.78, 5) is 17.5. The van der Waals surface area contributed by atoms with Crippen LogP contribution < -0.4 is 11.3 Å². The first-order chi connectivity index (χ1) is 9.82. The number of hydrogen-bond donors (Lipinski definition) is 2. The molecule has 2 rings (SSSR count). The molecule has 5 nitrogen and oxygen atoms in total. The predicted octanol–water partition coefficient (Wildman–Crippen LogP) is 2.44. The van der Waals surface area contributed by atoms with E-state index in [0.717, 1.165) is 0 Å². The summed E-state index contributed by atoms with van der Waals surface area (Å²) in [6.45, 7) is 0.134. The Morgan fingerprint density at radius 1 is 1.43 bits per heavy atom. The predicted molar refractivity (Wildman–Crippen MR) is 71.7 cm³/mol. The van der Waals surface area contributed by atoms with E-state index in [1.165, 1.54) is 17.2 Å². The lowest BCUT2D eigenvalue weighted by Crippen LogP contribution is -2.42. The summed E-state index contributed by atoms with van der Waals surface area (Å²) in [6, 6.07) is 1.39. The number of anilines is 1. The molecule has 3 N–H and O–H groups in total. The Labute approximate surface area is 124 Å². The number of halogens is 4. The summed E-state index contributed by atoms with van der Waals surface area (Å²) >= 11 is 5.87. The zero-order chi connectivity index (χ0) is 15.6. The standard InChI is InChI=1S/C12H14ClF3N4O/c13-9-5-7(6-18-10(9)19-17)11(21)20-3-1-8(2-4-20)12(14,15)16/h5-6,8H,1-4,17H2,(H,18,19). The van der Waals surface area contributed by atoms with Crippen LogP contribution in [0.5, 0.6) is 0 Å². The van der Waals surface area contributed by atoms with Gasteiger partial charge in [-0.2, -0.15) is 13.2 Å². The smallest absolute Gasteiger partial charge is 0.339 e. The summed E-state index contributed by atoms with van der Waals surface area (Å²) in [7, 11) is 0. The van der Waals surface area contributed by atoms with Gasteiger partial charge in [-0.1, -0.05) is 11.6 Å². The molecule has 0 bridgehead atoms. The molecule has 1 saturated heterocycles. The van der Waals surface area contributed by atoms with E-state index in [4.69, 9.17) is 17.4 Å². The lowest BCUT2D eigenvalue weighted by molar-refractivity contribution is -0.183. The quantitative estimate of drug-likeness (QED) is 0.648. The highest BCUT2D eigenvalue weighted by molar-refractivity contribution is 6.33. The fraction of sp³-hybridized carbons (Fsp3) is 0.500. The van der Waals surface area contributed by atoms with Gasteiger partial charge < -0.3 is 10.3 Å². The Balaban J connectivity index is 2.04. The highest BCUT2D eigenvalue weighted by Crippen LogP contribution is 2.34. The monoisotopic (exact) mass is 322 g/mol. The third-order valence-electron chi connectivity index (χ3n) is 3.47. The van der Waals surface area contributed by atoms with Crippen LogP contribution >= 0.6 is 11.6 Å². The van der Waals surface area contributed by atoms with E-state index < -0.39 is 12.1 Å². The van der Waals surface area contributed by atoms with Crippen molar-refractivity contribution < 1.29 is 18.0 Å². The van der Waals surface area contributed by atoms with Crippen LogP contribution in [0, 0.1) is 5.92 Å². The summed E-state index contributed by atoms with van der Waals surface area (Å²) in [5, 5.41) is 0.175. The third-order valence-corrected chi connectivity index (χ3v) is 3.76. The molecule has 0 aliphatic carbocycles. The number of carbonyl (C=O) groups is 1. The summed E-state index contributed by atoms with van der Waals surface area (Å²) in [6.07, 6.45) is -3.08. The molecular formula is C12H14ClF3N4O. The number of nitrogens with two attached hydrogens (primary N) is 1. The molecule has 0 aromatic carbocycles. The van der Waals surface area contributed by atoms with Gasteiger partial charge in [0.05, 0.1) is 16.5 Å². The third kappa shape index (κ3) is 3.56. The van der Waals surface area contributed by atoms with Crippen LogP contribution in [0.15, 0.2) is 12.3 Å². The van der Waals surface area contributed by atoms with E-state index in [9.17, 15) is 18.0 Å². The average Bonchev–Trinajstić information content (AvgIpc) is 2.45. The van der Waals surface area contributed by atoms with Crippen molar-refractivity contribution in [3.63, 3.8) is 0 Å². The van der Waals surface area contributed by atoms with Gasteiger partial charge in [0.2, 0.25) is 0 Å². The van der Waals surface area contributed by atoms with Crippen LogP contribution in [-0.4, -0.2) is 35.1 Å². The number of carbonyl (C=O) groups excluding carboxylic acids is 1. The molecule has 116 valence electrons. The van der Waals surface area contributed by atoms with Gasteiger partial charge >= 0.3 is 6.18 Å². The van der Waals surface area contributed by atoms with E-state index >= 15 is 0 Å². The number of aromatic nitrogens is 1. The number of rotatable bonds is 2. The Morgan fingerprint density at radius 2 is 2.05 bits per heavy atom. The molecule has 2 heterocycles. The highest BCUT2D eigenvalue weighted by Gasteiger charge is 2.41. The number of alkyl halides is 3. The largest absolute Gasteiger partial charge is 0.391 e. The van der Waals surface area contributed by atoms with Crippen molar-refractivity contribution >= 4 is 23.3 Å². The molecule has 1 aliphatic rings. The number of likely N-dealkylation sites (tertiary alicyclic amines) is 1. The lowest BCUT2D eigenvalue weighted by atomic mass is 9.96. The van der Waals surface area contributed by atoms with Gasteiger partial charge in [0, 0.05) is 19.3 Å². The van der Waals surface area contributed by atoms with E-state index in [1.807, 2.05) is 0 Å². The van der Waals surface area contributed by atoms with Crippen LogP contribution in [0.25, 0.3) is 0 Å². The number of pyridine rings is 1. The molecule has 0 saturated carbocycles. The molecule has 1 aromatic heterocycles. The first-order valence-electron chi connectivity index (χ1n) is 6.31. The van der Waals surface area contributed by atoms with E-state index in [-0.39, 0.29) is 48.2 Å². The number of hydrazine groups is 1. The van der Waals surface area contributed by atoms with Crippen molar-refractivity contribution in [3.05, 3.63) is 22.8 Å². The summed E-state index contributed by atoms with van der Waals surface area (Å²) < 4.78 is 37.7. The van der Waals surface area contributed by atoms with Crippen LogP contribution in [0.4, 0.5) is 19.0 Å². The molecule has 0 atom stereocenters. The average molecular weight is 323 g/mol. The fourth-order valence-corrected chi connectivity index (χ4v) is 2.47. The lowest BCUT2D eigenvalue weighted by Gasteiger charge is -2.32. The molecule has 1 amide bonds. The maximum Gasteiger partial charge on any atom is 0.391 e. The van der Waals surface area contributed by atoms with Crippen molar-refractivity contribution in [2.45, 2.75) is 19.0 Å². The van der Waals surface area contributed by atoms with E-state index in [0.29, 0.717) is 0 Å². The van der Waals surface area contributed by atoms with Crippen molar-refractivity contribution in [2.24, 2.45) is 11.8 Å². The van der Waals surface area contributed by atoms with Crippen LogP contribution in [0.1, 0.15) is 23.2 Å². The van der Waals surface area contributed by atoms with Crippen LogP contribution in [-0.2, 0) is 0 Å². The molecule has 1 fully saturated rings. The second-order valence-electron chi connectivity index (χ2n) is 4.81. The fourth-order valence-electron chi connectivity index (χ4n) is 2.25. The van der Waals surface area contributed by atoms with Crippen molar-refractivity contribution in [1.82, 2.24) is 9.88 Å². The van der Waals surface area contributed by atoms with E-state index in [1.54, 1.807) is 0 Å². The number of nitrogen functional groups attached to an aromatic ring is 1. The van der Waals surface area contributed by atoms with Gasteiger partial charge in [-0.3, -0.25) is 4.79 Å². The molecule has 9 heteroatoms. The number of nitrogens with one attached hydrogen (secondary N) is 1. The first-order valence-corrected chi connectivity index (χ1v) is 6.69. The maximum absolute atomic E-state index is 12.6. The summed E-state index contributed by atoms with van der Waals surface area (Å²) in [5.74, 6) is 3.68. The molecular weight excluding hydrogens is 309 g/mol. The Hall–Kier alpha value is -1.54. The van der Waals surface area contributed by atoms with Gasteiger partial charge in [-0.15, -0.1) is 0 Å².